The summed E-state index contributed by atoms with van der Waals surface area (Å²) in [5.74, 6) is 1.53. The lowest BCUT2D eigenvalue weighted by molar-refractivity contribution is 0.0116. The number of hydrogen-bond acceptors (Lipinski definition) is 7. The summed E-state index contributed by atoms with van der Waals surface area (Å²) in [5.41, 5.74) is 5.40. The number of rotatable bonds is 9. The van der Waals surface area contributed by atoms with E-state index in [1.54, 1.807) is 24.3 Å². The monoisotopic (exact) mass is 669 g/mol. The minimum absolute atomic E-state index is 0.201. The van der Waals surface area contributed by atoms with Gasteiger partial charge in [-0.25, -0.2) is 9.78 Å². The molecule has 3 aromatic carbocycles. The van der Waals surface area contributed by atoms with Gasteiger partial charge in [0.25, 0.3) is 0 Å². The van der Waals surface area contributed by atoms with Crippen molar-refractivity contribution >= 4 is 35.0 Å². The van der Waals surface area contributed by atoms with Crippen LogP contribution in [-0.2, 0) is 12.2 Å². The zero-order chi connectivity index (χ0) is 32.7. The standard InChI is InChI=1S/C37H33Cl2N3O5/c1-22-19-27(46-21-29-34(41-47-35(29)24-5-6-24)33-30(38)3-2-4-31(33)39)11-12-28(22)23-7-9-26(10-8-23)37(45)14-17-42(18-15-37)32-20-25(36(43)44)13-16-40-32/h2-4,7-13,16,19-20,24,45H,5-6,14-15,17-18,21H2,1H3,(H,43,44). The number of nitrogens with zero attached hydrogens (tertiary/aromatic N) is 3. The number of benzene rings is 3. The molecule has 47 heavy (non-hydrogen) atoms. The number of aromatic nitrogens is 2. The van der Waals surface area contributed by atoms with Crippen LogP contribution in [0, 0.1) is 6.92 Å². The SMILES string of the molecule is Cc1cc(OCc2c(-c3c(Cl)cccc3Cl)noc2C2CC2)ccc1-c1ccc(C2(O)CCN(c3cc(C(=O)O)ccn3)CC2)cc1. The number of aromatic carboxylic acids is 1. The Morgan fingerprint density at radius 3 is 2.40 bits per heavy atom. The third-order valence-electron chi connectivity index (χ3n) is 9.19. The first-order valence-electron chi connectivity index (χ1n) is 15.6. The number of piperidine rings is 1. The lowest BCUT2D eigenvalue weighted by Crippen LogP contribution is -2.43. The van der Waals surface area contributed by atoms with Crippen LogP contribution in [0.3, 0.4) is 0 Å². The maximum absolute atomic E-state index is 11.5. The predicted molar refractivity (Wildman–Crippen MR) is 181 cm³/mol. The third kappa shape index (κ3) is 6.33. The van der Waals surface area contributed by atoms with Gasteiger partial charge in [0, 0.05) is 30.8 Å². The first kappa shape index (κ1) is 31.2. The summed E-state index contributed by atoms with van der Waals surface area (Å²) < 4.78 is 12.1. The molecule has 240 valence electrons. The van der Waals surface area contributed by atoms with Gasteiger partial charge in [-0.05, 0) is 91.3 Å². The van der Waals surface area contributed by atoms with Gasteiger partial charge >= 0.3 is 5.97 Å². The highest BCUT2D eigenvalue weighted by molar-refractivity contribution is 6.39. The Morgan fingerprint density at radius 1 is 1.02 bits per heavy atom. The fraction of sp³-hybridized carbons (Fsp3) is 0.270. The van der Waals surface area contributed by atoms with Crippen molar-refractivity contribution in [1.29, 1.82) is 0 Å². The van der Waals surface area contributed by atoms with Crippen molar-refractivity contribution in [3.05, 3.63) is 117 Å². The van der Waals surface area contributed by atoms with Crippen LogP contribution in [0.1, 0.15) is 64.4 Å². The van der Waals surface area contributed by atoms with Gasteiger partial charge in [0.2, 0.25) is 0 Å². The molecule has 2 fully saturated rings. The Balaban J connectivity index is 1.04. The van der Waals surface area contributed by atoms with E-state index in [4.69, 9.17) is 32.5 Å². The van der Waals surface area contributed by atoms with Gasteiger partial charge in [-0.15, -0.1) is 0 Å². The molecule has 2 aliphatic rings. The van der Waals surface area contributed by atoms with E-state index < -0.39 is 11.6 Å². The van der Waals surface area contributed by atoms with Gasteiger partial charge in [0.15, 0.2) is 0 Å². The lowest BCUT2D eigenvalue weighted by Gasteiger charge is -2.39. The number of carboxylic acids is 1. The van der Waals surface area contributed by atoms with Crippen molar-refractivity contribution in [2.45, 2.75) is 50.7 Å². The first-order valence-corrected chi connectivity index (χ1v) is 16.4. The Kier molecular flexibility index (Phi) is 8.43. The van der Waals surface area contributed by atoms with E-state index in [-0.39, 0.29) is 12.2 Å². The maximum atomic E-state index is 11.5. The molecule has 1 saturated carbocycles. The summed E-state index contributed by atoms with van der Waals surface area (Å²) >= 11 is 13.0. The number of halogens is 2. The Bertz CT molecular complexity index is 1930. The zero-order valence-corrected chi connectivity index (χ0v) is 27.3. The summed E-state index contributed by atoms with van der Waals surface area (Å²) in [6, 6.07) is 22.5. The highest BCUT2D eigenvalue weighted by Crippen LogP contribution is 2.46. The molecule has 1 saturated heterocycles. The van der Waals surface area contributed by atoms with E-state index >= 15 is 0 Å². The van der Waals surface area contributed by atoms with Crippen molar-refractivity contribution in [2.24, 2.45) is 0 Å². The number of aryl methyl sites for hydroxylation is 1. The van der Waals surface area contributed by atoms with Crippen molar-refractivity contribution in [3.8, 4) is 28.1 Å². The minimum Gasteiger partial charge on any atom is -0.489 e. The first-order chi connectivity index (χ1) is 22.7. The summed E-state index contributed by atoms with van der Waals surface area (Å²) in [6.07, 6.45) is 4.64. The molecule has 0 amide bonds. The molecule has 1 aliphatic carbocycles. The minimum atomic E-state index is -0.983. The molecule has 3 heterocycles. The van der Waals surface area contributed by atoms with Gasteiger partial charge in [0.05, 0.1) is 26.8 Å². The number of carboxylic acid groups (broad SMARTS) is 1. The smallest absolute Gasteiger partial charge is 0.335 e. The van der Waals surface area contributed by atoms with E-state index in [1.165, 1.54) is 12.3 Å². The molecule has 0 bridgehead atoms. The van der Waals surface area contributed by atoms with Crippen molar-refractivity contribution in [3.63, 3.8) is 0 Å². The Labute approximate surface area is 282 Å². The van der Waals surface area contributed by atoms with Gasteiger partial charge in [-0.3, -0.25) is 0 Å². The van der Waals surface area contributed by atoms with Crippen molar-refractivity contribution in [2.75, 3.05) is 18.0 Å². The molecular formula is C37H33Cl2N3O5. The molecule has 1 aliphatic heterocycles. The molecular weight excluding hydrogens is 637 g/mol. The van der Waals surface area contributed by atoms with E-state index in [0.717, 1.165) is 52.2 Å². The molecule has 0 unspecified atom stereocenters. The van der Waals surface area contributed by atoms with Crippen LogP contribution in [0.4, 0.5) is 5.82 Å². The van der Waals surface area contributed by atoms with Crippen LogP contribution in [0.5, 0.6) is 5.75 Å². The van der Waals surface area contributed by atoms with Gasteiger partial charge in [-0.2, -0.15) is 0 Å². The normalized spacial score (nSPS) is 15.9. The van der Waals surface area contributed by atoms with E-state index in [2.05, 4.69) is 17.1 Å². The quantitative estimate of drug-likeness (QED) is 0.160. The second kappa shape index (κ2) is 12.7. The number of hydrogen-bond donors (Lipinski definition) is 2. The Morgan fingerprint density at radius 2 is 1.74 bits per heavy atom. The summed E-state index contributed by atoms with van der Waals surface area (Å²) in [7, 11) is 0. The second-order valence-electron chi connectivity index (χ2n) is 12.3. The average molecular weight is 671 g/mol. The number of aliphatic hydroxyl groups is 1. The molecule has 10 heteroatoms. The van der Waals surface area contributed by atoms with E-state index in [0.29, 0.717) is 59.0 Å². The highest BCUT2D eigenvalue weighted by Gasteiger charge is 2.35. The molecule has 0 radical (unpaired) electrons. The summed E-state index contributed by atoms with van der Waals surface area (Å²) in [5, 5.41) is 26.2. The van der Waals surface area contributed by atoms with Crippen LogP contribution in [-0.4, -0.2) is 39.4 Å². The largest absolute Gasteiger partial charge is 0.489 e. The van der Waals surface area contributed by atoms with Crippen LogP contribution in [0.15, 0.2) is 83.5 Å². The van der Waals surface area contributed by atoms with Gasteiger partial charge < -0.3 is 24.4 Å². The van der Waals surface area contributed by atoms with Crippen LogP contribution in [0.2, 0.25) is 10.0 Å². The predicted octanol–water partition coefficient (Wildman–Crippen LogP) is 8.66. The van der Waals surface area contributed by atoms with E-state index in [9.17, 15) is 15.0 Å². The van der Waals surface area contributed by atoms with Crippen LogP contribution < -0.4 is 9.64 Å². The molecule has 2 aromatic heterocycles. The van der Waals surface area contributed by atoms with Crippen molar-refractivity contribution < 1.29 is 24.3 Å². The molecule has 8 nitrogen and oxygen atoms in total. The summed E-state index contributed by atoms with van der Waals surface area (Å²) in [4.78, 5) is 17.7. The van der Waals surface area contributed by atoms with Crippen LogP contribution >= 0.6 is 23.2 Å². The van der Waals surface area contributed by atoms with E-state index in [1.807, 2.05) is 47.4 Å². The second-order valence-corrected chi connectivity index (χ2v) is 13.1. The molecule has 0 spiro atoms. The highest BCUT2D eigenvalue weighted by atomic mass is 35.5. The maximum Gasteiger partial charge on any atom is 0.335 e. The lowest BCUT2D eigenvalue weighted by atomic mass is 9.83. The molecule has 7 rings (SSSR count). The number of anilines is 1. The van der Waals surface area contributed by atoms with Crippen LogP contribution in [0.25, 0.3) is 22.4 Å². The fourth-order valence-corrected chi connectivity index (χ4v) is 6.91. The number of pyridine rings is 1. The molecule has 0 atom stereocenters. The third-order valence-corrected chi connectivity index (χ3v) is 9.82. The Hall–Kier alpha value is -4.37. The average Bonchev–Trinajstić information content (AvgIpc) is 3.84. The summed E-state index contributed by atoms with van der Waals surface area (Å²) in [6.45, 7) is 3.46. The van der Waals surface area contributed by atoms with Gasteiger partial charge in [0.1, 0.15) is 29.6 Å². The topological polar surface area (TPSA) is 109 Å². The number of ether oxygens (including phenoxy) is 1. The van der Waals surface area contributed by atoms with Gasteiger partial charge in [-0.1, -0.05) is 64.8 Å². The zero-order valence-electron chi connectivity index (χ0n) is 25.7. The molecule has 2 N–H and O–H groups in total. The molecule has 5 aromatic rings. The fourth-order valence-electron chi connectivity index (χ4n) is 6.33. The number of carbonyl (C=O) groups is 1. The van der Waals surface area contributed by atoms with Crippen molar-refractivity contribution in [1.82, 2.24) is 10.1 Å².